The van der Waals surface area contributed by atoms with Crippen LogP contribution in [0.4, 0.5) is 5.69 Å². The third-order valence-electron chi connectivity index (χ3n) is 2.60. The number of carboxylic acid groups (broad SMARTS) is 2. The Kier molecular flexibility index (Phi) is 3.60. The first kappa shape index (κ1) is 14.6. The van der Waals surface area contributed by atoms with Crippen LogP contribution in [-0.2, 0) is 5.41 Å². The number of nitro benzene ring substituents is 1. The topological polar surface area (TPSA) is 118 Å². The van der Waals surface area contributed by atoms with Crippen LogP contribution in [0.25, 0.3) is 0 Å². The largest absolute Gasteiger partial charge is 0.478 e. The highest BCUT2D eigenvalue weighted by molar-refractivity contribution is 6.02. The number of hydrogen-bond acceptors (Lipinski definition) is 4. The van der Waals surface area contributed by atoms with Gasteiger partial charge in [-0.25, -0.2) is 9.59 Å². The molecule has 0 unspecified atom stereocenters. The van der Waals surface area contributed by atoms with Crippen molar-refractivity contribution in [2.75, 3.05) is 0 Å². The van der Waals surface area contributed by atoms with Gasteiger partial charge in [-0.05, 0) is 11.5 Å². The highest BCUT2D eigenvalue weighted by Gasteiger charge is 2.30. The summed E-state index contributed by atoms with van der Waals surface area (Å²) in [5.41, 5.74) is -1.94. The van der Waals surface area contributed by atoms with Gasteiger partial charge in [-0.2, -0.15) is 0 Å². The van der Waals surface area contributed by atoms with Crippen LogP contribution in [0.3, 0.4) is 0 Å². The van der Waals surface area contributed by atoms with E-state index in [2.05, 4.69) is 0 Å². The standard InChI is InChI=1S/C12H13NO6/c1-12(2,3)8-4-6(10(14)15)7(11(16)17)5-9(8)13(18)19/h4-5H,1-3H3,(H,14,15)(H,16,17). The van der Waals surface area contributed by atoms with Crippen LogP contribution in [0, 0.1) is 10.1 Å². The molecular weight excluding hydrogens is 254 g/mol. The van der Waals surface area contributed by atoms with E-state index in [0.29, 0.717) is 0 Å². The summed E-state index contributed by atoms with van der Waals surface area (Å²) in [5.74, 6) is -2.95. The van der Waals surface area contributed by atoms with E-state index in [9.17, 15) is 19.7 Å². The molecule has 0 atom stereocenters. The molecule has 0 aliphatic rings. The van der Waals surface area contributed by atoms with E-state index < -0.39 is 39.1 Å². The lowest BCUT2D eigenvalue weighted by Crippen LogP contribution is -2.18. The lowest BCUT2D eigenvalue weighted by atomic mass is 9.83. The minimum absolute atomic E-state index is 0.180. The second-order valence-corrected chi connectivity index (χ2v) is 5.03. The third kappa shape index (κ3) is 2.87. The number of benzene rings is 1. The molecule has 0 fully saturated rings. The fraction of sp³-hybridized carbons (Fsp3) is 0.333. The van der Waals surface area contributed by atoms with Crippen LogP contribution < -0.4 is 0 Å². The molecule has 1 aromatic rings. The molecule has 0 bridgehead atoms. The first-order chi connectivity index (χ1) is 8.55. The molecule has 0 saturated heterocycles. The van der Waals surface area contributed by atoms with Gasteiger partial charge in [-0.3, -0.25) is 10.1 Å². The van der Waals surface area contributed by atoms with Crippen molar-refractivity contribution in [3.05, 3.63) is 38.9 Å². The van der Waals surface area contributed by atoms with Gasteiger partial charge >= 0.3 is 11.9 Å². The van der Waals surface area contributed by atoms with E-state index in [4.69, 9.17) is 10.2 Å². The molecule has 1 aromatic carbocycles. The average molecular weight is 267 g/mol. The van der Waals surface area contributed by atoms with Gasteiger partial charge in [-0.15, -0.1) is 0 Å². The molecule has 2 N–H and O–H groups in total. The lowest BCUT2D eigenvalue weighted by Gasteiger charge is -2.20. The Hall–Kier alpha value is -2.44. The Morgan fingerprint density at radius 1 is 1.11 bits per heavy atom. The lowest BCUT2D eigenvalue weighted by molar-refractivity contribution is -0.386. The minimum atomic E-state index is -1.51. The number of rotatable bonds is 3. The van der Waals surface area contributed by atoms with Crippen LogP contribution in [0.15, 0.2) is 12.1 Å². The molecule has 0 spiro atoms. The number of carboxylic acids is 2. The summed E-state index contributed by atoms with van der Waals surface area (Å²) >= 11 is 0. The Balaban J connectivity index is 3.75. The molecule has 1 rings (SSSR count). The maximum atomic E-state index is 11.1. The highest BCUT2D eigenvalue weighted by Crippen LogP contribution is 2.33. The zero-order chi connectivity index (χ0) is 15.0. The van der Waals surface area contributed by atoms with Crippen LogP contribution in [-0.4, -0.2) is 27.1 Å². The van der Waals surface area contributed by atoms with Crippen molar-refractivity contribution in [2.45, 2.75) is 26.2 Å². The predicted octanol–water partition coefficient (Wildman–Crippen LogP) is 2.29. The number of aromatic carboxylic acids is 2. The molecule has 0 radical (unpaired) electrons. The molecule has 0 aromatic heterocycles. The zero-order valence-corrected chi connectivity index (χ0v) is 10.6. The number of nitrogens with zero attached hydrogens (tertiary/aromatic N) is 1. The zero-order valence-electron chi connectivity index (χ0n) is 10.6. The number of nitro groups is 1. The van der Waals surface area contributed by atoms with E-state index in [1.165, 1.54) is 0 Å². The van der Waals surface area contributed by atoms with Crippen LogP contribution in [0.5, 0.6) is 0 Å². The van der Waals surface area contributed by atoms with Crippen molar-refractivity contribution in [3.63, 3.8) is 0 Å². The quantitative estimate of drug-likeness (QED) is 0.640. The number of carbonyl (C=O) groups is 2. The molecule has 7 nitrogen and oxygen atoms in total. The summed E-state index contributed by atoms with van der Waals surface area (Å²) in [6, 6.07) is 1.86. The van der Waals surface area contributed by atoms with E-state index in [0.717, 1.165) is 12.1 Å². The molecule has 102 valence electrons. The van der Waals surface area contributed by atoms with Gasteiger partial charge < -0.3 is 10.2 Å². The summed E-state index contributed by atoms with van der Waals surface area (Å²) in [6.07, 6.45) is 0. The van der Waals surface area contributed by atoms with Crippen molar-refractivity contribution >= 4 is 17.6 Å². The predicted molar refractivity (Wildman–Crippen MR) is 65.7 cm³/mol. The van der Waals surface area contributed by atoms with Gasteiger partial charge in [0.2, 0.25) is 0 Å². The van der Waals surface area contributed by atoms with E-state index in [1.807, 2.05) is 0 Å². The molecule has 0 aliphatic carbocycles. The van der Waals surface area contributed by atoms with Crippen molar-refractivity contribution in [1.82, 2.24) is 0 Å². The first-order valence-corrected chi connectivity index (χ1v) is 5.35. The molecular formula is C12H13NO6. The Morgan fingerprint density at radius 2 is 1.53 bits per heavy atom. The van der Waals surface area contributed by atoms with Crippen molar-refractivity contribution in [2.24, 2.45) is 0 Å². The van der Waals surface area contributed by atoms with Gasteiger partial charge in [-0.1, -0.05) is 20.8 Å². The normalized spacial score (nSPS) is 11.1. The minimum Gasteiger partial charge on any atom is -0.478 e. The third-order valence-corrected chi connectivity index (χ3v) is 2.60. The van der Waals surface area contributed by atoms with Crippen molar-refractivity contribution in [3.8, 4) is 0 Å². The number of hydrogen-bond donors (Lipinski definition) is 2. The van der Waals surface area contributed by atoms with E-state index in [1.54, 1.807) is 20.8 Å². The molecule has 0 heterocycles. The smallest absolute Gasteiger partial charge is 0.336 e. The fourth-order valence-electron chi connectivity index (χ4n) is 1.69. The summed E-state index contributed by atoms with van der Waals surface area (Å²) in [5, 5.41) is 28.9. The SMILES string of the molecule is CC(C)(C)c1cc(C(=O)O)c(C(=O)O)cc1[N+](=O)[O-]. The van der Waals surface area contributed by atoms with Gasteiger partial charge in [0.05, 0.1) is 16.1 Å². The Labute approximate surface area is 108 Å². The summed E-state index contributed by atoms with van der Waals surface area (Å²) in [6.45, 7) is 5.05. The maximum Gasteiger partial charge on any atom is 0.336 e. The van der Waals surface area contributed by atoms with Crippen LogP contribution >= 0.6 is 0 Å². The summed E-state index contributed by atoms with van der Waals surface area (Å²) in [4.78, 5) is 32.3. The van der Waals surface area contributed by atoms with Gasteiger partial charge in [0.1, 0.15) is 0 Å². The Bertz CT molecular complexity index is 570. The average Bonchev–Trinajstić information content (AvgIpc) is 2.25. The molecule has 0 saturated carbocycles. The fourth-order valence-corrected chi connectivity index (χ4v) is 1.69. The van der Waals surface area contributed by atoms with Crippen molar-refractivity contribution in [1.29, 1.82) is 0 Å². The van der Waals surface area contributed by atoms with Crippen LogP contribution in [0.1, 0.15) is 47.1 Å². The summed E-state index contributed by atoms with van der Waals surface area (Å²) in [7, 11) is 0. The van der Waals surface area contributed by atoms with Crippen molar-refractivity contribution < 1.29 is 24.7 Å². The second kappa shape index (κ2) is 4.68. The molecule has 0 aliphatic heterocycles. The molecule has 0 amide bonds. The first-order valence-electron chi connectivity index (χ1n) is 5.35. The van der Waals surface area contributed by atoms with Gasteiger partial charge in [0.15, 0.2) is 0 Å². The Morgan fingerprint density at radius 3 is 1.84 bits per heavy atom. The second-order valence-electron chi connectivity index (χ2n) is 5.03. The van der Waals surface area contributed by atoms with Crippen LogP contribution in [0.2, 0.25) is 0 Å². The van der Waals surface area contributed by atoms with E-state index >= 15 is 0 Å². The summed E-state index contributed by atoms with van der Waals surface area (Å²) < 4.78 is 0. The molecule has 19 heavy (non-hydrogen) atoms. The van der Waals surface area contributed by atoms with E-state index in [-0.39, 0.29) is 5.56 Å². The van der Waals surface area contributed by atoms with Gasteiger partial charge in [0.25, 0.3) is 5.69 Å². The highest BCUT2D eigenvalue weighted by atomic mass is 16.6. The maximum absolute atomic E-state index is 11.1. The van der Waals surface area contributed by atoms with Gasteiger partial charge in [0, 0.05) is 11.6 Å². The molecule has 7 heteroatoms. The monoisotopic (exact) mass is 267 g/mol.